The maximum atomic E-state index is 12.4. The largest absolute Gasteiger partial charge is 0.493 e. The first-order valence-electron chi connectivity index (χ1n) is 8.75. The van der Waals surface area contributed by atoms with E-state index < -0.39 is 31.1 Å². The molecule has 0 aliphatic carbocycles. The summed E-state index contributed by atoms with van der Waals surface area (Å²) in [5.41, 5.74) is 2.07. The summed E-state index contributed by atoms with van der Waals surface area (Å²) in [6, 6.07) is 14.8. The minimum Gasteiger partial charge on any atom is -0.467 e. The molecule has 0 unspecified atom stereocenters. The van der Waals surface area contributed by atoms with Gasteiger partial charge < -0.3 is 24.5 Å². The van der Waals surface area contributed by atoms with Gasteiger partial charge >= 0.3 is 13.1 Å². The van der Waals surface area contributed by atoms with Gasteiger partial charge in [-0.2, -0.15) is 0 Å². The smallest absolute Gasteiger partial charge is 0.467 e. The summed E-state index contributed by atoms with van der Waals surface area (Å²) in [5, 5.41) is 12.8. The predicted octanol–water partition coefficient (Wildman–Crippen LogP) is 0.608. The van der Waals surface area contributed by atoms with Crippen LogP contribution in [0.4, 0.5) is 0 Å². The van der Waals surface area contributed by atoms with Gasteiger partial charge in [-0.3, -0.25) is 4.79 Å². The number of aliphatic hydroxyl groups excluding tert-OH is 1. The van der Waals surface area contributed by atoms with Crippen molar-refractivity contribution in [2.45, 2.75) is 18.6 Å². The van der Waals surface area contributed by atoms with Crippen molar-refractivity contribution < 1.29 is 28.7 Å². The molecule has 28 heavy (non-hydrogen) atoms. The van der Waals surface area contributed by atoms with Gasteiger partial charge in [-0.25, -0.2) is 4.79 Å². The Morgan fingerprint density at radius 3 is 2.14 bits per heavy atom. The molecule has 0 radical (unpaired) electrons. The lowest BCUT2D eigenvalue weighted by molar-refractivity contribution is -0.146. The number of carbonyl (C=O) groups is 2. The second-order valence-corrected chi connectivity index (χ2v) is 6.15. The van der Waals surface area contributed by atoms with Gasteiger partial charge in [-0.15, -0.1) is 0 Å². The van der Waals surface area contributed by atoms with Crippen molar-refractivity contribution in [3.8, 4) is 0 Å². The maximum Gasteiger partial charge on any atom is 0.493 e. The van der Waals surface area contributed by atoms with Crippen molar-refractivity contribution >= 4 is 24.5 Å². The Labute approximate surface area is 164 Å². The van der Waals surface area contributed by atoms with Crippen LogP contribution in [0.25, 0.3) is 0 Å². The number of hydrogen-bond acceptors (Lipinski definition) is 6. The van der Waals surface area contributed by atoms with Crippen LogP contribution in [-0.2, 0) is 30.1 Å². The highest BCUT2D eigenvalue weighted by Gasteiger charge is 2.26. The Hall–Kier alpha value is -2.68. The molecule has 0 aliphatic rings. The number of methoxy groups -OCH3 is 1. The normalized spacial score (nSPS) is 12.7. The number of benzene rings is 2. The summed E-state index contributed by atoms with van der Waals surface area (Å²) in [7, 11) is 3.86. The minimum absolute atomic E-state index is 0.213. The monoisotopic (exact) mass is 385 g/mol. The third-order valence-electron chi connectivity index (χ3n) is 4.29. The molecule has 0 spiro atoms. The highest BCUT2D eigenvalue weighted by Crippen LogP contribution is 2.13. The molecule has 1 amide bonds. The van der Waals surface area contributed by atoms with Crippen molar-refractivity contribution in [1.29, 1.82) is 0 Å². The molecule has 8 heteroatoms. The molecule has 7 nitrogen and oxygen atoms in total. The van der Waals surface area contributed by atoms with Crippen LogP contribution in [0, 0.1) is 0 Å². The molecule has 2 N–H and O–H groups in total. The summed E-state index contributed by atoms with van der Waals surface area (Å²) in [5.74, 6) is -1.26. The lowest BCUT2D eigenvalue weighted by Crippen LogP contribution is -2.45. The first-order chi connectivity index (χ1) is 13.5. The molecule has 2 aromatic carbocycles. The number of amides is 1. The third-order valence-corrected chi connectivity index (χ3v) is 4.29. The first-order valence-corrected chi connectivity index (χ1v) is 8.75. The van der Waals surface area contributed by atoms with E-state index in [1.54, 1.807) is 44.6 Å². The van der Waals surface area contributed by atoms with E-state index in [0.29, 0.717) is 5.56 Å². The van der Waals surface area contributed by atoms with Crippen molar-refractivity contribution in [3.05, 3.63) is 65.7 Å². The Balaban J connectivity index is 2.09. The van der Waals surface area contributed by atoms with Gasteiger partial charge in [0.15, 0.2) is 6.10 Å². The Kier molecular flexibility index (Phi) is 8.19. The Morgan fingerprint density at radius 2 is 1.61 bits per heavy atom. The molecule has 0 heterocycles. The molecule has 0 bridgehead atoms. The molecule has 0 saturated heterocycles. The fourth-order valence-electron chi connectivity index (χ4n) is 2.79. The van der Waals surface area contributed by atoms with Crippen molar-refractivity contribution in [3.63, 3.8) is 0 Å². The fraction of sp³-hybridized carbons (Fsp3) is 0.300. The molecule has 0 fully saturated rings. The first kappa shape index (κ1) is 21.6. The lowest BCUT2D eigenvalue weighted by Gasteiger charge is -2.19. The number of ether oxygens (including phenoxy) is 1. The molecule has 0 aromatic heterocycles. The second kappa shape index (κ2) is 10.6. The van der Waals surface area contributed by atoms with Crippen molar-refractivity contribution in [2.75, 3.05) is 21.3 Å². The quantitative estimate of drug-likeness (QED) is 0.485. The van der Waals surface area contributed by atoms with Gasteiger partial charge in [0.25, 0.3) is 5.91 Å². The highest BCUT2D eigenvalue weighted by atomic mass is 16.6. The summed E-state index contributed by atoms with van der Waals surface area (Å²) in [6.07, 6.45) is -1.16. The zero-order valence-corrected chi connectivity index (χ0v) is 16.1. The molecule has 0 aliphatic heterocycles. The lowest BCUT2D eigenvalue weighted by atomic mass is 9.78. The van der Waals surface area contributed by atoms with Crippen LogP contribution < -0.4 is 10.8 Å². The number of carbonyl (C=O) groups excluding carboxylic acids is 2. The SMILES string of the molecule is COB(OC)c1ccc(C[C@H](NC(=O)[C@@H](O)c2ccccc2)C(=O)OC)cc1. The van der Waals surface area contributed by atoms with Gasteiger partial charge in [0.2, 0.25) is 0 Å². The standard InChI is InChI=1S/C20H24BNO6/c1-26-20(25)17(22-19(24)18(23)15-7-5-4-6-8-15)13-14-9-11-16(12-10-14)21(27-2)28-3/h4-12,17-18,23H,13H2,1-3H3,(H,22,24)/t17-,18-/m0/s1. The van der Waals surface area contributed by atoms with E-state index >= 15 is 0 Å². The minimum atomic E-state index is -1.38. The van der Waals surface area contributed by atoms with Crippen LogP contribution in [0.5, 0.6) is 0 Å². The zero-order valence-electron chi connectivity index (χ0n) is 16.1. The fourth-order valence-corrected chi connectivity index (χ4v) is 2.79. The predicted molar refractivity (Wildman–Crippen MR) is 105 cm³/mol. The maximum absolute atomic E-state index is 12.4. The van der Waals surface area contributed by atoms with Crippen molar-refractivity contribution in [1.82, 2.24) is 5.32 Å². The zero-order chi connectivity index (χ0) is 20.5. The van der Waals surface area contributed by atoms with E-state index in [4.69, 9.17) is 14.0 Å². The van der Waals surface area contributed by atoms with Gasteiger partial charge in [0, 0.05) is 20.6 Å². The summed E-state index contributed by atoms with van der Waals surface area (Å²) in [6.45, 7) is 0. The van der Waals surface area contributed by atoms with Crippen LogP contribution in [0.15, 0.2) is 54.6 Å². The molecular weight excluding hydrogens is 361 g/mol. The average molecular weight is 385 g/mol. The molecule has 2 atom stereocenters. The third kappa shape index (κ3) is 5.66. The number of aliphatic hydroxyl groups is 1. The second-order valence-electron chi connectivity index (χ2n) is 6.15. The topological polar surface area (TPSA) is 94.1 Å². The summed E-state index contributed by atoms with van der Waals surface area (Å²) in [4.78, 5) is 24.5. The van der Waals surface area contributed by atoms with Crippen LogP contribution in [0.3, 0.4) is 0 Å². The van der Waals surface area contributed by atoms with Crippen LogP contribution in [0.1, 0.15) is 17.2 Å². The van der Waals surface area contributed by atoms with E-state index in [9.17, 15) is 14.7 Å². The van der Waals surface area contributed by atoms with Crippen LogP contribution in [0.2, 0.25) is 0 Å². The number of hydrogen-bond donors (Lipinski definition) is 2. The van der Waals surface area contributed by atoms with Crippen molar-refractivity contribution in [2.24, 2.45) is 0 Å². The van der Waals surface area contributed by atoms with Crippen LogP contribution >= 0.6 is 0 Å². The Morgan fingerprint density at radius 1 is 1.00 bits per heavy atom. The van der Waals surface area contributed by atoms with E-state index in [1.165, 1.54) is 7.11 Å². The number of nitrogens with one attached hydrogen (secondary N) is 1. The van der Waals surface area contributed by atoms with Gasteiger partial charge in [0.1, 0.15) is 6.04 Å². The average Bonchev–Trinajstić information content (AvgIpc) is 2.74. The van der Waals surface area contributed by atoms with E-state index in [2.05, 4.69) is 5.32 Å². The molecule has 0 saturated carbocycles. The number of esters is 1. The molecule has 2 aromatic rings. The Bertz CT molecular complexity index is 764. The van der Waals surface area contributed by atoms with E-state index in [1.807, 2.05) is 24.3 Å². The van der Waals surface area contributed by atoms with E-state index in [-0.39, 0.29) is 6.42 Å². The highest BCUT2D eigenvalue weighted by molar-refractivity contribution is 6.61. The summed E-state index contributed by atoms with van der Waals surface area (Å²) < 4.78 is 15.2. The molecular formula is C20H24BNO6. The van der Waals surface area contributed by atoms with E-state index in [0.717, 1.165) is 11.0 Å². The summed E-state index contributed by atoms with van der Waals surface area (Å²) >= 11 is 0. The van der Waals surface area contributed by atoms with Gasteiger partial charge in [0.05, 0.1) is 7.11 Å². The number of rotatable bonds is 9. The van der Waals surface area contributed by atoms with Gasteiger partial charge in [-0.1, -0.05) is 54.6 Å². The molecule has 2 rings (SSSR count). The molecule has 148 valence electrons. The van der Waals surface area contributed by atoms with Gasteiger partial charge in [-0.05, 0) is 16.6 Å². The van der Waals surface area contributed by atoms with Crippen LogP contribution in [-0.4, -0.2) is 51.5 Å².